The van der Waals surface area contributed by atoms with Gasteiger partial charge in [0, 0.05) is 19.2 Å². The Labute approximate surface area is 79.8 Å². The molecule has 0 unspecified atom stereocenters. The number of nitrogens with zero attached hydrogens (tertiary/aromatic N) is 2. The molecule has 0 radical (unpaired) electrons. The van der Waals surface area contributed by atoms with Crippen molar-refractivity contribution < 1.29 is 9.76 Å². The lowest BCUT2D eigenvalue weighted by molar-refractivity contribution is -0.384. The summed E-state index contributed by atoms with van der Waals surface area (Å²) in [5.74, 6) is 0.264. The van der Waals surface area contributed by atoms with Gasteiger partial charge in [0.15, 0.2) is 5.75 Å². The summed E-state index contributed by atoms with van der Waals surface area (Å²) < 4.78 is 0. The Hall–Kier alpha value is -2.13. The predicted molar refractivity (Wildman–Crippen MR) is 47.5 cm³/mol. The number of nitrogens with one attached hydrogen (secondary N) is 1. The van der Waals surface area contributed by atoms with E-state index >= 15 is 0 Å². The summed E-state index contributed by atoms with van der Waals surface area (Å²) in [6, 6.07) is 5.61. The van der Waals surface area contributed by atoms with Gasteiger partial charge in [-0.05, 0) is 6.07 Å². The zero-order chi connectivity index (χ0) is 10.6. The number of nitro benzene ring substituents is 1. The topological polar surface area (TPSA) is 88.2 Å². The van der Waals surface area contributed by atoms with Gasteiger partial charge in [0.2, 0.25) is 0 Å². The SMILES string of the molecule is CNOc1ccc([N+](=O)[O-])cc1C#N. The van der Waals surface area contributed by atoms with Crippen LogP contribution in [0, 0.1) is 21.4 Å². The van der Waals surface area contributed by atoms with Gasteiger partial charge in [0.25, 0.3) is 5.69 Å². The van der Waals surface area contributed by atoms with Crippen LogP contribution in [0.2, 0.25) is 0 Å². The first kappa shape index (κ1) is 9.95. The van der Waals surface area contributed by atoms with E-state index < -0.39 is 4.92 Å². The minimum absolute atomic E-state index is 0.119. The standard InChI is InChI=1S/C8H7N3O3/c1-10-14-8-3-2-7(11(12)13)4-6(8)5-9/h2-4,10H,1H3. The van der Waals surface area contributed by atoms with E-state index in [1.54, 1.807) is 6.07 Å². The van der Waals surface area contributed by atoms with Crippen LogP contribution < -0.4 is 10.3 Å². The molecule has 0 aliphatic heterocycles. The summed E-state index contributed by atoms with van der Waals surface area (Å²) in [6.07, 6.45) is 0. The van der Waals surface area contributed by atoms with Gasteiger partial charge in [-0.1, -0.05) is 0 Å². The van der Waals surface area contributed by atoms with Gasteiger partial charge in [-0.25, -0.2) is 0 Å². The molecule has 0 saturated heterocycles. The molecule has 0 aliphatic rings. The van der Waals surface area contributed by atoms with Crippen molar-refractivity contribution in [3.05, 3.63) is 33.9 Å². The summed E-state index contributed by atoms with van der Waals surface area (Å²) in [4.78, 5) is 14.7. The second kappa shape index (κ2) is 4.20. The Morgan fingerprint density at radius 2 is 2.36 bits per heavy atom. The number of hydrogen-bond acceptors (Lipinski definition) is 5. The van der Waals surface area contributed by atoms with Gasteiger partial charge in [0.1, 0.15) is 11.6 Å². The first-order valence-corrected chi connectivity index (χ1v) is 3.71. The Bertz CT molecular complexity index is 397. The molecule has 14 heavy (non-hydrogen) atoms. The summed E-state index contributed by atoms with van der Waals surface area (Å²) in [6.45, 7) is 0. The minimum Gasteiger partial charge on any atom is -0.408 e. The molecule has 0 aliphatic carbocycles. The molecule has 6 nitrogen and oxygen atoms in total. The molecule has 0 spiro atoms. The lowest BCUT2D eigenvalue weighted by atomic mass is 10.2. The van der Waals surface area contributed by atoms with Crippen LogP contribution in [0.25, 0.3) is 0 Å². The smallest absolute Gasteiger partial charge is 0.271 e. The lowest BCUT2D eigenvalue weighted by Crippen LogP contribution is -2.11. The highest BCUT2D eigenvalue weighted by Crippen LogP contribution is 2.22. The number of nitriles is 1. The third-order valence-corrected chi connectivity index (χ3v) is 1.51. The number of benzene rings is 1. The van der Waals surface area contributed by atoms with Crippen molar-refractivity contribution in [1.82, 2.24) is 5.48 Å². The number of hydrogen-bond donors (Lipinski definition) is 1. The molecule has 1 N–H and O–H groups in total. The van der Waals surface area contributed by atoms with E-state index in [1.807, 2.05) is 0 Å². The molecule has 0 bridgehead atoms. The van der Waals surface area contributed by atoms with Gasteiger partial charge in [-0.15, -0.1) is 0 Å². The van der Waals surface area contributed by atoms with E-state index in [0.29, 0.717) is 0 Å². The molecule has 1 rings (SSSR count). The molecule has 0 aromatic heterocycles. The monoisotopic (exact) mass is 193 g/mol. The normalized spacial score (nSPS) is 9.14. The Balaban J connectivity index is 3.13. The molecule has 1 aromatic rings. The molecule has 0 fully saturated rings. The third-order valence-electron chi connectivity index (χ3n) is 1.51. The molecule has 1 aromatic carbocycles. The second-order valence-corrected chi connectivity index (χ2v) is 2.36. The van der Waals surface area contributed by atoms with Crippen molar-refractivity contribution >= 4 is 5.69 Å². The van der Waals surface area contributed by atoms with E-state index in [4.69, 9.17) is 10.1 Å². The maximum Gasteiger partial charge on any atom is 0.271 e. The van der Waals surface area contributed by atoms with Crippen molar-refractivity contribution in [3.63, 3.8) is 0 Å². The predicted octanol–water partition coefficient (Wildman–Crippen LogP) is 0.980. The number of nitro groups is 1. The highest BCUT2D eigenvalue weighted by molar-refractivity contribution is 5.49. The van der Waals surface area contributed by atoms with Crippen molar-refractivity contribution in [1.29, 1.82) is 5.26 Å². The summed E-state index contributed by atoms with van der Waals surface area (Å²) >= 11 is 0. The van der Waals surface area contributed by atoms with Crippen molar-refractivity contribution in [2.45, 2.75) is 0 Å². The maximum absolute atomic E-state index is 10.4. The summed E-state index contributed by atoms with van der Waals surface area (Å²) in [7, 11) is 1.53. The van der Waals surface area contributed by atoms with Gasteiger partial charge in [0.05, 0.1) is 4.92 Å². The molecular weight excluding hydrogens is 186 g/mol. The first-order chi connectivity index (χ1) is 6.69. The zero-order valence-corrected chi connectivity index (χ0v) is 7.35. The fraction of sp³-hybridized carbons (Fsp3) is 0.125. The van der Waals surface area contributed by atoms with Crippen LogP contribution in [0.5, 0.6) is 5.75 Å². The Morgan fingerprint density at radius 1 is 1.64 bits per heavy atom. The molecule has 72 valence electrons. The second-order valence-electron chi connectivity index (χ2n) is 2.36. The maximum atomic E-state index is 10.4. The van der Waals surface area contributed by atoms with Gasteiger partial charge in [-0.3, -0.25) is 10.1 Å². The van der Waals surface area contributed by atoms with Crippen LogP contribution in [0.15, 0.2) is 18.2 Å². The molecule has 6 heteroatoms. The highest BCUT2D eigenvalue weighted by atomic mass is 16.6. The molecule has 0 heterocycles. The molecular formula is C8H7N3O3. The average Bonchev–Trinajstić information content (AvgIpc) is 2.18. The third kappa shape index (κ3) is 1.97. The van der Waals surface area contributed by atoms with Crippen LogP contribution in [0.1, 0.15) is 5.56 Å². The molecule has 0 atom stereocenters. The number of rotatable bonds is 3. The fourth-order valence-corrected chi connectivity index (χ4v) is 0.918. The van der Waals surface area contributed by atoms with Crippen LogP contribution >= 0.6 is 0 Å². The Kier molecular flexibility index (Phi) is 2.99. The summed E-state index contributed by atoms with van der Waals surface area (Å²) in [5.41, 5.74) is 2.37. The van der Waals surface area contributed by atoms with Gasteiger partial charge < -0.3 is 4.84 Å². The van der Waals surface area contributed by atoms with Crippen molar-refractivity contribution in [2.75, 3.05) is 7.05 Å². The Morgan fingerprint density at radius 3 is 2.86 bits per heavy atom. The van der Waals surface area contributed by atoms with Crippen LogP contribution in [0.4, 0.5) is 5.69 Å². The van der Waals surface area contributed by atoms with Crippen LogP contribution in [-0.4, -0.2) is 12.0 Å². The van der Waals surface area contributed by atoms with E-state index in [1.165, 1.54) is 19.2 Å². The zero-order valence-electron chi connectivity index (χ0n) is 7.35. The first-order valence-electron chi connectivity index (χ1n) is 3.71. The van der Waals surface area contributed by atoms with Crippen molar-refractivity contribution in [3.8, 4) is 11.8 Å². The fourth-order valence-electron chi connectivity index (χ4n) is 0.918. The van der Waals surface area contributed by atoms with Gasteiger partial charge in [-0.2, -0.15) is 10.7 Å². The van der Waals surface area contributed by atoms with E-state index in [2.05, 4.69) is 5.48 Å². The molecule has 0 amide bonds. The van der Waals surface area contributed by atoms with Crippen LogP contribution in [0.3, 0.4) is 0 Å². The minimum atomic E-state index is -0.565. The van der Waals surface area contributed by atoms with Crippen LogP contribution in [-0.2, 0) is 0 Å². The van der Waals surface area contributed by atoms with E-state index in [9.17, 15) is 10.1 Å². The quantitative estimate of drug-likeness (QED) is 0.571. The largest absolute Gasteiger partial charge is 0.408 e. The summed E-state index contributed by atoms with van der Waals surface area (Å²) in [5, 5.41) is 19.0. The highest BCUT2D eigenvalue weighted by Gasteiger charge is 2.11. The lowest BCUT2D eigenvalue weighted by Gasteiger charge is -2.03. The number of non-ortho nitro benzene ring substituents is 1. The van der Waals surface area contributed by atoms with E-state index in [-0.39, 0.29) is 17.0 Å². The van der Waals surface area contributed by atoms with Crippen molar-refractivity contribution in [2.24, 2.45) is 0 Å². The van der Waals surface area contributed by atoms with E-state index in [0.717, 1.165) is 6.07 Å². The molecule has 0 saturated carbocycles. The van der Waals surface area contributed by atoms with Gasteiger partial charge >= 0.3 is 0 Å². The average molecular weight is 193 g/mol. The number of hydroxylamine groups is 1.